The van der Waals surface area contributed by atoms with Gasteiger partial charge in [0.25, 0.3) is 5.91 Å². The van der Waals surface area contributed by atoms with Crippen LogP contribution in [0.1, 0.15) is 18.2 Å². The normalized spacial score (nSPS) is 12.0. The Balaban J connectivity index is 1.99. The fraction of sp³-hybridized carbons (Fsp3) is 0.353. The number of amides is 1. The second-order valence-corrected chi connectivity index (χ2v) is 5.96. The van der Waals surface area contributed by atoms with Crippen molar-refractivity contribution in [3.63, 3.8) is 0 Å². The number of nitrogens with zero attached hydrogens (tertiary/aromatic N) is 2. The average Bonchev–Trinajstić information content (AvgIpc) is 2.84. The van der Waals surface area contributed by atoms with E-state index >= 15 is 0 Å². The number of halogens is 1. The molecule has 6 heteroatoms. The summed E-state index contributed by atoms with van der Waals surface area (Å²) < 4.78 is 7.57. The Labute approximate surface area is 141 Å². The van der Waals surface area contributed by atoms with E-state index in [1.807, 2.05) is 17.7 Å². The molecule has 5 nitrogen and oxygen atoms in total. The zero-order chi connectivity index (χ0) is 17.0. The number of rotatable bonds is 6. The van der Waals surface area contributed by atoms with Gasteiger partial charge in [-0.15, -0.1) is 0 Å². The van der Waals surface area contributed by atoms with E-state index in [2.05, 4.69) is 0 Å². The Morgan fingerprint density at radius 3 is 2.78 bits per heavy atom. The number of likely N-dealkylation sites (N-methyl/N-ethyl adjacent to an activating group) is 1. The molecule has 1 N–H and O–H groups in total. The molecule has 1 unspecified atom stereocenters. The van der Waals surface area contributed by atoms with Crippen molar-refractivity contribution >= 4 is 17.5 Å². The fourth-order valence-electron chi connectivity index (χ4n) is 2.33. The molecule has 1 aromatic heterocycles. The van der Waals surface area contributed by atoms with Crippen LogP contribution in [-0.4, -0.2) is 33.6 Å². The molecule has 0 spiro atoms. The summed E-state index contributed by atoms with van der Waals surface area (Å²) in [7, 11) is 3.62. The number of hydrogen-bond acceptors (Lipinski definition) is 3. The number of aryl methyl sites for hydroxylation is 1. The smallest absolute Gasteiger partial charge is 0.263 e. The molecule has 0 fully saturated rings. The highest BCUT2D eigenvalue weighted by Gasteiger charge is 2.20. The molecule has 0 bridgehead atoms. The zero-order valence-electron chi connectivity index (χ0n) is 13.5. The lowest BCUT2D eigenvalue weighted by molar-refractivity contribution is -0.137. The van der Waals surface area contributed by atoms with E-state index in [4.69, 9.17) is 21.4 Å². The minimum atomic E-state index is -0.621. The number of aliphatic hydroxyl groups excluding tert-OH is 1. The third-order valence-electron chi connectivity index (χ3n) is 3.59. The van der Waals surface area contributed by atoms with Gasteiger partial charge in [-0.25, -0.2) is 0 Å². The lowest BCUT2D eigenvalue weighted by Crippen LogP contribution is -2.37. The van der Waals surface area contributed by atoms with Crippen LogP contribution in [0.25, 0.3) is 0 Å². The van der Waals surface area contributed by atoms with Crippen LogP contribution in [0, 0.1) is 0 Å². The minimum absolute atomic E-state index is 0.0618. The largest absolute Gasteiger partial charge is 0.481 e. The van der Waals surface area contributed by atoms with E-state index in [0.29, 0.717) is 17.3 Å². The summed E-state index contributed by atoms with van der Waals surface area (Å²) in [6, 6.07) is 8.90. The molecule has 2 aromatic rings. The summed E-state index contributed by atoms with van der Waals surface area (Å²) in [5, 5.41) is 9.79. The number of benzene rings is 1. The van der Waals surface area contributed by atoms with E-state index in [1.165, 1.54) is 0 Å². The van der Waals surface area contributed by atoms with Gasteiger partial charge >= 0.3 is 0 Å². The molecule has 1 amide bonds. The third kappa shape index (κ3) is 4.50. The number of carbonyl (C=O) groups excluding carboxylic acids is 1. The molecule has 1 aromatic carbocycles. The molecular formula is C17H21ClN2O3. The van der Waals surface area contributed by atoms with Gasteiger partial charge in [0.15, 0.2) is 6.10 Å². The lowest BCUT2D eigenvalue weighted by atomic mass is 10.2. The minimum Gasteiger partial charge on any atom is -0.481 e. The quantitative estimate of drug-likeness (QED) is 0.882. The van der Waals surface area contributed by atoms with E-state index in [9.17, 15) is 4.79 Å². The number of aliphatic hydroxyl groups is 1. The Morgan fingerprint density at radius 1 is 1.43 bits per heavy atom. The van der Waals surface area contributed by atoms with Crippen molar-refractivity contribution in [1.29, 1.82) is 0 Å². The first-order valence-corrected chi connectivity index (χ1v) is 7.70. The maximum atomic E-state index is 12.4. The summed E-state index contributed by atoms with van der Waals surface area (Å²) >= 11 is 5.96. The van der Waals surface area contributed by atoms with Crippen molar-refractivity contribution in [3.05, 3.63) is 52.8 Å². The van der Waals surface area contributed by atoms with Gasteiger partial charge in [0, 0.05) is 26.0 Å². The van der Waals surface area contributed by atoms with Crippen molar-refractivity contribution in [2.45, 2.75) is 26.2 Å². The highest BCUT2D eigenvalue weighted by Crippen LogP contribution is 2.17. The summed E-state index contributed by atoms with van der Waals surface area (Å²) in [4.78, 5) is 14.0. The topological polar surface area (TPSA) is 54.7 Å². The maximum Gasteiger partial charge on any atom is 0.263 e. The van der Waals surface area contributed by atoms with E-state index in [0.717, 1.165) is 11.3 Å². The van der Waals surface area contributed by atoms with Crippen LogP contribution in [0.15, 0.2) is 36.5 Å². The number of aromatic nitrogens is 1. The van der Waals surface area contributed by atoms with Crippen LogP contribution in [-0.2, 0) is 25.0 Å². The van der Waals surface area contributed by atoms with Gasteiger partial charge < -0.3 is 19.3 Å². The van der Waals surface area contributed by atoms with E-state index < -0.39 is 6.10 Å². The highest BCUT2D eigenvalue weighted by molar-refractivity contribution is 6.30. The highest BCUT2D eigenvalue weighted by atomic mass is 35.5. The number of carbonyl (C=O) groups is 1. The van der Waals surface area contributed by atoms with Gasteiger partial charge in [0.05, 0.1) is 18.2 Å². The van der Waals surface area contributed by atoms with Crippen LogP contribution in [0.2, 0.25) is 5.02 Å². The van der Waals surface area contributed by atoms with Crippen LogP contribution >= 0.6 is 11.6 Å². The average molecular weight is 337 g/mol. The molecular weight excluding hydrogens is 316 g/mol. The van der Waals surface area contributed by atoms with Gasteiger partial charge in [-0.05, 0) is 30.7 Å². The van der Waals surface area contributed by atoms with E-state index in [-0.39, 0.29) is 12.5 Å². The number of hydrogen-bond donors (Lipinski definition) is 1. The third-order valence-corrected chi connectivity index (χ3v) is 3.80. The Hall–Kier alpha value is -1.98. The second kappa shape index (κ2) is 7.53. The van der Waals surface area contributed by atoms with E-state index in [1.54, 1.807) is 49.3 Å². The second-order valence-electron chi connectivity index (χ2n) is 5.52. The van der Waals surface area contributed by atoms with Gasteiger partial charge in [0.1, 0.15) is 5.75 Å². The SMILES string of the molecule is CC(Oc1cccc(CO)c1)C(=O)N(C)Cc1cc(Cl)cn1C. The summed E-state index contributed by atoms with van der Waals surface area (Å²) in [5.74, 6) is 0.435. The molecule has 1 heterocycles. The van der Waals surface area contributed by atoms with Crippen molar-refractivity contribution < 1.29 is 14.6 Å². The van der Waals surface area contributed by atoms with Gasteiger partial charge in [-0.1, -0.05) is 23.7 Å². The zero-order valence-corrected chi connectivity index (χ0v) is 14.2. The molecule has 0 aliphatic carbocycles. The van der Waals surface area contributed by atoms with Crippen LogP contribution < -0.4 is 4.74 Å². The molecule has 0 aliphatic heterocycles. The van der Waals surface area contributed by atoms with Crippen molar-refractivity contribution in [2.75, 3.05) is 7.05 Å². The first-order chi connectivity index (χ1) is 10.9. The number of ether oxygens (including phenoxy) is 1. The van der Waals surface area contributed by atoms with Gasteiger partial charge in [-0.2, -0.15) is 0 Å². The van der Waals surface area contributed by atoms with Crippen molar-refractivity contribution in [1.82, 2.24) is 9.47 Å². The Bertz CT molecular complexity index is 684. The Morgan fingerprint density at radius 2 is 2.17 bits per heavy atom. The summed E-state index contributed by atoms with van der Waals surface area (Å²) in [6.45, 7) is 2.10. The molecule has 0 saturated carbocycles. The first kappa shape index (κ1) is 17.4. The molecule has 0 saturated heterocycles. The molecule has 0 radical (unpaired) electrons. The predicted molar refractivity (Wildman–Crippen MR) is 89.4 cm³/mol. The Kier molecular flexibility index (Phi) is 5.69. The summed E-state index contributed by atoms with van der Waals surface area (Å²) in [5.41, 5.74) is 1.69. The monoisotopic (exact) mass is 336 g/mol. The van der Waals surface area contributed by atoms with Crippen molar-refractivity contribution in [3.8, 4) is 5.75 Å². The van der Waals surface area contributed by atoms with Crippen LogP contribution in [0.4, 0.5) is 0 Å². The molecule has 0 aliphatic rings. The molecule has 2 rings (SSSR count). The van der Waals surface area contributed by atoms with Crippen LogP contribution in [0.3, 0.4) is 0 Å². The molecule has 23 heavy (non-hydrogen) atoms. The first-order valence-electron chi connectivity index (χ1n) is 7.33. The maximum absolute atomic E-state index is 12.4. The lowest BCUT2D eigenvalue weighted by Gasteiger charge is -2.22. The fourth-order valence-corrected chi connectivity index (χ4v) is 2.60. The standard InChI is InChI=1S/C17H21ClN2O3/c1-12(23-16-6-4-5-13(7-16)11-21)17(22)20(3)10-15-8-14(18)9-19(15)2/h4-9,12,21H,10-11H2,1-3H3. The molecule has 124 valence electrons. The van der Waals surface area contributed by atoms with Gasteiger partial charge in [-0.3, -0.25) is 4.79 Å². The molecule has 1 atom stereocenters. The summed E-state index contributed by atoms with van der Waals surface area (Å²) in [6.07, 6.45) is 1.18. The predicted octanol–water partition coefficient (Wildman–Crippen LogP) is 2.60. The van der Waals surface area contributed by atoms with Crippen LogP contribution in [0.5, 0.6) is 5.75 Å². The van der Waals surface area contributed by atoms with Gasteiger partial charge in [0.2, 0.25) is 0 Å². The van der Waals surface area contributed by atoms with Crippen molar-refractivity contribution in [2.24, 2.45) is 7.05 Å².